The van der Waals surface area contributed by atoms with Crippen molar-refractivity contribution < 1.29 is 14.3 Å². The maximum atomic E-state index is 13.6. The molecule has 3 aromatic rings. The fraction of sp³-hybridized carbons (Fsp3) is 0.158. The van der Waals surface area contributed by atoms with Crippen LogP contribution in [0.15, 0.2) is 53.9 Å². The topological polar surface area (TPSA) is 74.2 Å². The molecule has 0 spiro atoms. The number of carbonyl (C=O) groups is 1. The van der Waals surface area contributed by atoms with Crippen LogP contribution in [0.25, 0.3) is 0 Å². The van der Waals surface area contributed by atoms with Crippen molar-refractivity contribution in [2.45, 2.75) is 13.0 Å². The van der Waals surface area contributed by atoms with Gasteiger partial charge in [-0.3, -0.25) is 10.1 Å². The summed E-state index contributed by atoms with van der Waals surface area (Å²) in [6, 6.07) is 13.6. The predicted molar refractivity (Wildman–Crippen MR) is 101 cm³/mol. The standard InChI is InChI=1S/C19H18FN3O2S/c20-16-3-1-2-4-17(16)21-11-13-5-7-14(8-6-13)18(25)23-19-22-15(9-10-24)12-26-19/h1-8,12,21,24H,9-11H2,(H,22,23,25). The Morgan fingerprint density at radius 3 is 2.65 bits per heavy atom. The van der Waals surface area contributed by atoms with E-state index in [4.69, 9.17) is 5.11 Å². The first-order valence-electron chi connectivity index (χ1n) is 8.09. The van der Waals surface area contributed by atoms with Gasteiger partial charge in [-0.2, -0.15) is 0 Å². The normalized spacial score (nSPS) is 10.5. The summed E-state index contributed by atoms with van der Waals surface area (Å²) in [5.74, 6) is -0.545. The van der Waals surface area contributed by atoms with Crippen molar-refractivity contribution in [3.05, 3.63) is 76.5 Å². The van der Waals surface area contributed by atoms with E-state index in [-0.39, 0.29) is 18.3 Å². The molecule has 0 aliphatic rings. The van der Waals surface area contributed by atoms with Crippen molar-refractivity contribution in [1.82, 2.24) is 4.98 Å². The summed E-state index contributed by atoms with van der Waals surface area (Å²) < 4.78 is 13.6. The summed E-state index contributed by atoms with van der Waals surface area (Å²) in [6.45, 7) is 0.485. The monoisotopic (exact) mass is 371 g/mol. The quantitative estimate of drug-likeness (QED) is 0.592. The average Bonchev–Trinajstić information content (AvgIpc) is 3.09. The molecule has 0 fully saturated rings. The fourth-order valence-electron chi connectivity index (χ4n) is 2.34. The van der Waals surface area contributed by atoms with Crippen LogP contribution in [0.3, 0.4) is 0 Å². The number of aliphatic hydroxyl groups is 1. The summed E-state index contributed by atoms with van der Waals surface area (Å²) in [4.78, 5) is 16.5. The second-order valence-corrected chi connectivity index (χ2v) is 6.46. The molecule has 7 heteroatoms. The minimum Gasteiger partial charge on any atom is -0.396 e. The third kappa shape index (κ3) is 4.65. The van der Waals surface area contributed by atoms with E-state index in [1.165, 1.54) is 17.4 Å². The summed E-state index contributed by atoms with van der Waals surface area (Å²) in [7, 11) is 0. The number of para-hydroxylation sites is 1. The first-order chi connectivity index (χ1) is 12.7. The minimum atomic E-state index is -0.299. The van der Waals surface area contributed by atoms with E-state index in [0.717, 1.165) is 11.3 Å². The summed E-state index contributed by atoms with van der Waals surface area (Å²) in [5, 5.41) is 17.0. The lowest BCUT2D eigenvalue weighted by Crippen LogP contribution is -2.12. The predicted octanol–water partition coefficient (Wildman–Crippen LogP) is 3.68. The van der Waals surface area contributed by atoms with E-state index < -0.39 is 0 Å². The zero-order chi connectivity index (χ0) is 18.4. The van der Waals surface area contributed by atoms with Crippen LogP contribution < -0.4 is 10.6 Å². The highest BCUT2D eigenvalue weighted by molar-refractivity contribution is 7.13. The Morgan fingerprint density at radius 2 is 1.92 bits per heavy atom. The molecule has 5 nitrogen and oxygen atoms in total. The lowest BCUT2D eigenvalue weighted by Gasteiger charge is -2.08. The van der Waals surface area contributed by atoms with Crippen LogP contribution in [0.4, 0.5) is 15.2 Å². The van der Waals surface area contributed by atoms with Crippen LogP contribution in [0.2, 0.25) is 0 Å². The van der Waals surface area contributed by atoms with Gasteiger partial charge in [0.05, 0.1) is 11.4 Å². The number of benzene rings is 2. The van der Waals surface area contributed by atoms with E-state index in [1.807, 2.05) is 17.5 Å². The van der Waals surface area contributed by atoms with Crippen LogP contribution in [0, 0.1) is 5.82 Å². The Kier molecular flexibility index (Phi) is 5.93. The Bertz CT molecular complexity index is 881. The Labute approximate surface area is 154 Å². The number of hydrogen-bond donors (Lipinski definition) is 3. The van der Waals surface area contributed by atoms with Gasteiger partial charge in [0, 0.05) is 30.5 Å². The molecule has 0 unspecified atom stereocenters. The zero-order valence-corrected chi connectivity index (χ0v) is 14.7. The zero-order valence-electron chi connectivity index (χ0n) is 13.9. The Hall–Kier alpha value is -2.77. The van der Waals surface area contributed by atoms with Crippen molar-refractivity contribution in [2.75, 3.05) is 17.2 Å². The number of thiazole rings is 1. The van der Waals surface area contributed by atoms with Crippen molar-refractivity contribution in [3.63, 3.8) is 0 Å². The Morgan fingerprint density at radius 1 is 1.15 bits per heavy atom. The number of amides is 1. The van der Waals surface area contributed by atoms with Gasteiger partial charge in [0.15, 0.2) is 5.13 Å². The molecule has 26 heavy (non-hydrogen) atoms. The van der Waals surface area contributed by atoms with Crippen LogP contribution >= 0.6 is 11.3 Å². The molecule has 3 rings (SSSR count). The molecular formula is C19H18FN3O2S. The maximum absolute atomic E-state index is 13.6. The smallest absolute Gasteiger partial charge is 0.257 e. The third-order valence-corrected chi connectivity index (χ3v) is 4.52. The molecule has 1 amide bonds. The van der Waals surface area contributed by atoms with E-state index >= 15 is 0 Å². The van der Waals surface area contributed by atoms with Gasteiger partial charge in [-0.05, 0) is 29.8 Å². The highest BCUT2D eigenvalue weighted by Crippen LogP contribution is 2.18. The van der Waals surface area contributed by atoms with Gasteiger partial charge in [-0.15, -0.1) is 11.3 Å². The van der Waals surface area contributed by atoms with Gasteiger partial charge in [-0.1, -0.05) is 24.3 Å². The van der Waals surface area contributed by atoms with Crippen LogP contribution in [0.5, 0.6) is 0 Å². The number of nitrogens with zero attached hydrogens (tertiary/aromatic N) is 1. The highest BCUT2D eigenvalue weighted by Gasteiger charge is 2.09. The van der Waals surface area contributed by atoms with E-state index in [2.05, 4.69) is 15.6 Å². The molecule has 0 aliphatic carbocycles. The van der Waals surface area contributed by atoms with Crippen molar-refractivity contribution in [3.8, 4) is 0 Å². The van der Waals surface area contributed by atoms with E-state index in [1.54, 1.807) is 30.3 Å². The van der Waals surface area contributed by atoms with E-state index in [0.29, 0.717) is 29.3 Å². The van der Waals surface area contributed by atoms with Gasteiger partial charge in [0.2, 0.25) is 0 Å². The molecule has 2 aromatic carbocycles. The number of carbonyl (C=O) groups excluding carboxylic acids is 1. The largest absolute Gasteiger partial charge is 0.396 e. The number of anilines is 2. The number of rotatable bonds is 7. The molecule has 134 valence electrons. The number of nitrogens with one attached hydrogen (secondary N) is 2. The van der Waals surface area contributed by atoms with Crippen LogP contribution in [-0.2, 0) is 13.0 Å². The van der Waals surface area contributed by atoms with E-state index in [9.17, 15) is 9.18 Å². The third-order valence-electron chi connectivity index (χ3n) is 3.71. The molecule has 3 N–H and O–H groups in total. The molecule has 1 heterocycles. The highest BCUT2D eigenvalue weighted by atomic mass is 32.1. The summed E-state index contributed by atoms with van der Waals surface area (Å²) >= 11 is 1.32. The molecular weight excluding hydrogens is 353 g/mol. The first-order valence-corrected chi connectivity index (χ1v) is 8.97. The average molecular weight is 371 g/mol. The molecule has 0 aliphatic heterocycles. The van der Waals surface area contributed by atoms with Gasteiger partial charge in [-0.25, -0.2) is 9.37 Å². The molecule has 1 aromatic heterocycles. The van der Waals surface area contributed by atoms with Gasteiger partial charge < -0.3 is 10.4 Å². The number of halogens is 1. The molecule has 0 bridgehead atoms. The summed E-state index contributed by atoms with van der Waals surface area (Å²) in [5.41, 5.74) is 2.64. The molecule has 0 saturated heterocycles. The molecule has 0 saturated carbocycles. The van der Waals surface area contributed by atoms with Gasteiger partial charge in [0.1, 0.15) is 5.82 Å². The number of hydrogen-bond acceptors (Lipinski definition) is 5. The second kappa shape index (κ2) is 8.55. The fourth-order valence-corrected chi connectivity index (χ4v) is 3.08. The van der Waals surface area contributed by atoms with Crippen LogP contribution in [-0.4, -0.2) is 22.6 Å². The SMILES string of the molecule is O=C(Nc1nc(CCO)cs1)c1ccc(CNc2ccccc2F)cc1. The van der Waals surface area contributed by atoms with Crippen molar-refractivity contribution in [2.24, 2.45) is 0 Å². The molecule has 0 radical (unpaired) electrons. The van der Waals surface area contributed by atoms with Crippen LogP contribution in [0.1, 0.15) is 21.6 Å². The lowest BCUT2D eigenvalue weighted by molar-refractivity contribution is 0.102. The number of aliphatic hydroxyl groups excluding tert-OH is 1. The van der Waals surface area contributed by atoms with Crippen molar-refractivity contribution in [1.29, 1.82) is 0 Å². The van der Waals surface area contributed by atoms with Gasteiger partial charge >= 0.3 is 0 Å². The Balaban J connectivity index is 1.57. The van der Waals surface area contributed by atoms with Crippen molar-refractivity contribution >= 4 is 28.1 Å². The second-order valence-electron chi connectivity index (χ2n) is 5.60. The number of aromatic nitrogens is 1. The molecule has 0 atom stereocenters. The summed E-state index contributed by atoms with van der Waals surface area (Å²) in [6.07, 6.45) is 0.468. The first kappa shape index (κ1) is 18.0. The van der Waals surface area contributed by atoms with Gasteiger partial charge in [0.25, 0.3) is 5.91 Å². The lowest BCUT2D eigenvalue weighted by atomic mass is 10.1. The minimum absolute atomic E-state index is 0.0273. The maximum Gasteiger partial charge on any atom is 0.257 e.